The Morgan fingerprint density at radius 1 is 1.27 bits per heavy atom. The molecular weight excluding hydrogens is 294 g/mol. The SMILES string of the molecule is CC(C)c1csc(CCC(=O)Nc2ccc(N(C)C)cc2)n1. The van der Waals surface area contributed by atoms with E-state index in [-0.39, 0.29) is 5.91 Å². The third kappa shape index (κ3) is 4.56. The summed E-state index contributed by atoms with van der Waals surface area (Å²) in [7, 11) is 3.99. The van der Waals surface area contributed by atoms with Crippen LogP contribution in [0.2, 0.25) is 0 Å². The van der Waals surface area contributed by atoms with Crippen molar-refractivity contribution in [2.75, 3.05) is 24.3 Å². The molecule has 118 valence electrons. The van der Waals surface area contributed by atoms with Gasteiger partial charge in [0, 0.05) is 43.7 Å². The van der Waals surface area contributed by atoms with Gasteiger partial charge in [-0.15, -0.1) is 11.3 Å². The normalized spacial score (nSPS) is 10.8. The molecule has 0 saturated heterocycles. The van der Waals surface area contributed by atoms with Crippen molar-refractivity contribution in [1.29, 1.82) is 0 Å². The Morgan fingerprint density at radius 3 is 2.50 bits per heavy atom. The van der Waals surface area contributed by atoms with E-state index in [1.165, 1.54) is 0 Å². The first-order chi connectivity index (χ1) is 10.5. The summed E-state index contributed by atoms with van der Waals surface area (Å²) in [4.78, 5) is 18.6. The molecule has 0 saturated carbocycles. The van der Waals surface area contributed by atoms with Gasteiger partial charge in [-0.05, 0) is 30.2 Å². The van der Waals surface area contributed by atoms with Crippen LogP contribution in [0.25, 0.3) is 0 Å². The Labute approximate surface area is 136 Å². The van der Waals surface area contributed by atoms with E-state index in [2.05, 4.69) is 29.5 Å². The molecule has 22 heavy (non-hydrogen) atoms. The van der Waals surface area contributed by atoms with Crippen LogP contribution in [-0.2, 0) is 11.2 Å². The summed E-state index contributed by atoms with van der Waals surface area (Å²) in [5, 5.41) is 6.04. The Balaban J connectivity index is 1.84. The number of carbonyl (C=O) groups is 1. The molecule has 1 heterocycles. The van der Waals surface area contributed by atoms with E-state index in [1.54, 1.807) is 11.3 Å². The van der Waals surface area contributed by atoms with Crippen molar-refractivity contribution in [3.05, 3.63) is 40.3 Å². The number of aryl methyl sites for hydroxylation is 1. The van der Waals surface area contributed by atoms with Gasteiger partial charge in [0.25, 0.3) is 0 Å². The number of benzene rings is 1. The van der Waals surface area contributed by atoms with E-state index in [0.717, 1.165) is 22.1 Å². The molecule has 5 heteroatoms. The van der Waals surface area contributed by atoms with E-state index in [1.807, 2.05) is 43.3 Å². The number of hydrogen-bond donors (Lipinski definition) is 1. The molecule has 1 aromatic heterocycles. The predicted molar refractivity (Wildman–Crippen MR) is 93.9 cm³/mol. The summed E-state index contributed by atoms with van der Waals surface area (Å²) in [5.41, 5.74) is 3.05. The number of anilines is 2. The van der Waals surface area contributed by atoms with Gasteiger partial charge in [0.15, 0.2) is 0 Å². The largest absolute Gasteiger partial charge is 0.378 e. The number of nitrogens with one attached hydrogen (secondary N) is 1. The van der Waals surface area contributed by atoms with Crippen molar-refractivity contribution < 1.29 is 4.79 Å². The average molecular weight is 317 g/mol. The summed E-state index contributed by atoms with van der Waals surface area (Å²) in [6.07, 6.45) is 1.15. The topological polar surface area (TPSA) is 45.2 Å². The number of thiazole rings is 1. The quantitative estimate of drug-likeness (QED) is 0.879. The third-order valence-electron chi connectivity index (χ3n) is 3.39. The number of hydrogen-bond acceptors (Lipinski definition) is 4. The first-order valence-corrected chi connectivity index (χ1v) is 8.35. The molecule has 1 amide bonds. The van der Waals surface area contributed by atoms with Gasteiger partial charge in [-0.1, -0.05) is 13.8 Å². The highest BCUT2D eigenvalue weighted by molar-refractivity contribution is 7.09. The minimum absolute atomic E-state index is 0.0268. The van der Waals surface area contributed by atoms with Crippen molar-refractivity contribution >= 4 is 28.6 Å². The Morgan fingerprint density at radius 2 is 1.95 bits per heavy atom. The molecule has 0 unspecified atom stereocenters. The van der Waals surface area contributed by atoms with E-state index < -0.39 is 0 Å². The molecule has 0 atom stereocenters. The monoisotopic (exact) mass is 317 g/mol. The van der Waals surface area contributed by atoms with Gasteiger partial charge in [0.1, 0.15) is 0 Å². The van der Waals surface area contributed by atoms with Crippen LogP contribution in [0.1, 0.15) is 36.9 Å². The van der Waals surface area contributed by atoms with Crippen LogP contribution in [0.15, 0.2) is 29.6 Å². The molecule has 0 radical (unpaired) electrons. The molecule has 0 aliphatic heterocycles. The van der Waals surface area contributed by atoms with E-state index in [9.17, 15) is 4.79 Å². The molecule has 1 N–H and O–H groups in total. The second-order valence-corrected chi connectivity index (χ2v) is 6.75. The highest BCUT2D eigenvalue weighted by atomic mass is 32.1. The van der Waals surface area contributed by atoms with Crippen LogP contribution < -0.4 is 10.2 Å². The molecule has 0 aliphatic carbocycles. The highest BCUT2D eigenvalue weighted by Crippen LogP contribution is 2.19. The summed E-state index contributed by atoms with van der Waals surface area (Å²) in [5.74, 6) is 0.466. The van der Waals surface area contributed by atoms with Crippen LogP contribution in [0.3, 0.4) is 0 Å². The van der Waals surface area contributed by atoms with Crippen LogP contribution >= 0.6 is 11.3 Å². The molecule has 0 fully saturated rings. The maximum absolute atomic E-state index is 12.0. The van der Waals surface area contributed by atoms with Gasteiger partial charge < -0.3 is 10.2 Å². The standard InChI is InChI=1S/C17H23N3OS/c1-12(2)15-11-22-17(19-15)10-9-16(21)18-13-5-7-14(8-6-13)20(3)4/h5-8,11-12H,9-10H2,1-4H3,(H,18,21). The number of nitrogens with zero attached hydrogens (tertiary/aromatic N) is 2. The van der Waals surface area contributed by atoms with E-state index in [0.29, 0.717) is 18.8 Å². The van der Waals surface area contributed by atoms with Crippen molar-refractivity contribution in [3.8, 4) is 0 Å². The molecular formula is C17H23N3OS. The molecule has 4 nitrogen and oxygen atoms in total. The molecule has 0 aliphatic rings. The minimum Gasteiger partial charge on any atom is -0.378 e. The Kier molecular flexibility index (Phi) is 5.55. The van der Waals surface area contributed by atoms with Gasteiger partial charge in [0.2, 0.25) is 5.91 Å². The fourth-order valence-corrected chi connectivity index (χ4v) is 2.95. The van der Waals surface area contributed by atoms with Gasteiger partial charge in [-0.3, -0.25) is 4.79 Å². The second-order valence-electron chi connectivity index (χ2n) is 5.81. The Hall–Kier alpha value is -1.88. The summed E-state index contributed by atoms with van der Waals surface area (Å²) in [6.45, 7) is 4.26. The van der Waals surface area contributed by atoms with Gasteiger partial charge in [-0.25, -0.2) is 4.98 Å². The zero-order chi connectivity index (χ0) is 16.1. The van der Waals surface area contributed by atoms with Crippen LogP contribution in [0.5, 0.6) is 0 Å². The summed E-state index contributed by atoms with van der Waals surface area (Å²) < 4.78 is 0. The lowest BCUT2D eigenvalue weighted by Gasteiger charge is -2.13. The second kappa shape index (κ2) is 7.40. The third-order valence-corrected chi connectivity index (χ3v) is 4.32. The van der Waals surface area contributed by atoms with Crippen molar-refractivity contribution in [2.24, 2.45) is 0 Å². The maximum atomic E-state index is 12.0. The smallest absolute Gasteiger partial charge is 0.224 e. The lowest BCUT2D eigenvalue weighted by atomic mass is 10.2. The summed E-state index contributed by atoms with van der Waals surface area (Å²) >= 11 is 1.63. The lowest BCUT2D eigenvalue weighted by molar-refractivity contribution is -0.116. The fraction of sp³-hybridized carbons (Fsp3) is 0.412. The first-order valence-electron chi connectivity index (χ1n) is 7.47. The van der Waals surface area contributed by atoms with Gasteiger partial charge >= 0.3 is 0 Å². The highest BCUT2D eigenvalue weighted by Gasteiger charge is 2.08. The minimum atomic E-state index is 0.0268. The predicted octanol–water partition coefficient (Wildman–Crippen LogP) is 3.90. The van der Waals surface area contributed by atoms with Crippen LogP contribution in [0.4, 0.5) is 11.4 Å². The van der Waals surface area contributed by atoms with Crippen molar-refractivity contribution in [3.63, 3.8) is 0 Å². The van der Waals surface area contributed by atoms with Crippen LogP contribution in [-0.4, -0.2) is 25.0 Å². The molecule has 2 aromatic rings. The fourth-order valence-electron chi connectivity index (χ4n) is 1.99. The zero-order valence-electron chi connectivity index (χ0n) is 13.6. The number of amides is 1. The summed E-state index contributed by atoms with van der Waals surface area (Å²) in [6, 6.07) is 7.83. The van der Waals surface area contributed by atoms with E-state index >= 15 is 0 Å². The number of rotatable bonds is 6. The van der Waals surface area contributed by atoms with Crippen molar-refractivity contribution in [1.82, 2.24) is 4.98 Å². The van der Waals surface area contributed by atoms with Crippen LogP contribution in [0, 0.1) is 0 Å². The molecule has 0 spiro atoms. The maximum Gasteiger partial charge on any atom is 0.224 e. The molecule has 0 bridgehead atoms. The zero-order valence-corrected chi connectivity index (χ0v) is 14.4. The Bertz CT molecular complexity index is 617. The lowest BCUT2D eigenvalue weighted by Crippen LogP contribution is -2.13. The molecule has 2 rings (SSSR count). The number of aromatic nitrogens is 1. The van der Waals surface area contributed by atoms with Gasteiger partial charge in [-0.2, -0.15) is 0 Å². The molecule has 1 aromatic carbocycles. The number of carbonyl (C=O) groups excluding carboxylic acids is 1. The average Bonchev–Trinajstić information content (AvgIpc) is 2.95. The van der Waals surface area contributed by atoms with Crippen molar-refractivity contribution in [2.45, 2.75) is 32.6 Å². The van der Waals surface area contributed by atoms with E-state index in [4.69, 9.17) is 0 Å². The van der Waals surface area contributed by atoms with Gasteiger partial charge in [0.05, 0.1) is 10.7 Å². The first kappa shape index (κ1) is 16.5.